The average molecular weight is 736 g/mol. The Morgan fingerprint density at radius 2 is 1.02 bits per heavy atom. The first kappa shape index (κ1) is 48.9. The van der Waals surface area contributed by atoms with Crippen LogP contribution in [-0.2, 0) is 19.1 Å². The fourth-order valence-electron chi connectivity index (χ4n) is 7.75. The van der Waals surface area contributed by atoms with Gasteiger partial charge in [-0.05, 0) is 95.6 Å². The first-order valence-electron chi connectivity index (χ1n) is 23.2. The van der Waals surface area contributed by atoms with Crippen LogP contribution in [0.1, 0.15) is 239 Å². The molecule has 0 aliphatic heterocycles. The van der Waals surface area contributed by atoms with Gasteiger partial charge < -0.3 is 19.5 Å². The quantitative estimate of drug-likeness (QED) is 0.0498. The summed E-state index contributed by atoms with van der Waals surface area (Å²) in [7, 11) is 0. The Balaban J connectivity index is 2.18. The third kappa shape index (κ3) is 30.2. The molecular formula is C46H89NO5. The standard InChI is InChI=1S/C46H89NO5/c1-4-7-10-13-16-20-25-32-44(49)51-42-29-22-17-21-27-38-47(40-41-48)39-28-26-34-46(36-37-46)35-33-45(50)52-43(30-23-18-14-11-8-5-2)31-24-19-15-12-9-6-3/h43,48H,4-42H2,1-3H3. The van der Waals surface area contributed by atoms with Crippen molar-refractivity contribution < 1.29 is 24.2 Å². The summed E-state index contributed by atoms with van der Waals surface area (Å²) in [6.07, 6.45) is 40.0. The molecule has 1 aliphatic rings. The van der Waals surface area contributed by atoms with E-state index < -0.39 is 0 Å². The Morgan fingerprint density at radius 3 is 1.56 bits per heavy atom. The van der Waals surface area contributed by atoms with Gasteiger partial charge >= 0.3 is 11.9 Å². The maximum absolute atomic E-state index is 13.0. The van der Waals surface area contributed by atoms with Crippen LogP contribution >= 0.6 is 0 Å². The lowest BCUT2D eigenvalue weighted by atomic mass is 9.93. The van der Waals surface area contributed by atoms with Crippen molar-refractivity contribution in [2.75, 3.05) is 32.8 Å². The lowest BCUT2D eigenvalue weighted by Gasteiger charge is -2.22. The highest BCUT2D eigenvalue weighted by molar-refractivity contribution is 5.69. The van der Waals surface area contributed by atoms with Gasteiger partial charge in [0, 0.05) is 19.4 Å². The fourth-order valence-corrected chi connectivity index (χ4v) is 7.75. The minimum atomic E-state index is -0.0235. The molecule has 0 aromatic carbocycles. The molecule has 0 radical (unpaired) electrons. The Labute approximate surface area is 323 Å². The normalized spacial score (nSPS) is 13.7. The van der Waals surface area contributed by atoms with Crippen molar-refractivity contribution in [1.82, 2.24) is 4.90 Å². The molecule has 0 aromatic rings. The van der Waals surface area contributed by atoms with Crippen LogP contribution in [0.15, 0.2) is 0 Å². The molecule has 1 aliphatic carbocycles. The molecule has 308 valence electrons. The fraction of sp³-hybridized carbons (Fsp3) is 0.957. The maximum Gasteiger partial charge on any atom is 0.306 e. The Bertz CT molecular complexity index is 784. The second-order valence-corrected chi connectivity index (χ2v) is 16.6. The monoisotopic (exact) mass is 736 g/mol. The Morgan fingerprint density at radius 1 is 0.538 bits per heavy atom. The maximum atomic E-state index is 13.0. The van der Waals surface area contributed by atoms with Crippen molar-refractivity contribution >= 4 is 11.9 Å². The highest BCUT2D eigenvalue weighted by Gasteiger charge is 2.41. The van der Waals surface area contributed by atoms with Crippen LogP contribution in [0.4, 0.5) is 0 Å². The lowest BCUT2D eigenvalue weighted by molar-refractivity contribution is -0.150. The van der Waals surface area contributed by atoms with Crippen LogP contribution in [0.5, 0.6) is 0 Å². The van der Waals surface area contributed by atoms with E-state index in [1.165, 1.54) is 148 Å². The van der Waals surface area contributed by atoms with E-state index in [0.717, 1.165) is 77.4 Å². The van der Waals surface area contributed by atoms with Crippen LogP contribution in [0.2, 0.25) is 0 Å². The molecule has 52 heavy (non-hydrogen) atoms. The van der Waals surface area contributed by atoms with Crippen molar-refractivity contribution in [3.8, 4) is 0 Å². The van der Waals surface area contributed by atoms with Crippen LogP contribution in [0.3, 0.4) is 0 Å². The minimum absolute atomic E-state index is 0.0235. The molecular weight excluding hydrogens is 647 g/mol. The number of aliphatic hydroxyl groups is 1. The zero-order chi connectivity index (χ0) is 37.8. The van der Waals surface area contributed by atoms with E-state index in [9.17, 15) is 14.7 Å². The third-order valence-electron chi connectivity index (χ3n) is 11.6. The molecule has 6 nitrogen and oxygen atoms in total. The van der Waals surface area contributed by atoms with Gasteiger partial charge in [0.2, 0.25) is 0 Å². The highest BCUT2D eigenvalue weighted by Crippen LogP contribution is 2.53. The van der Waals surface area contributed by atoms with Gasteiger partial charge in [0.15, 0.2) is 0 Å². The van der Waals surface area contributed by atoms with Crippen molar-refractivity contribution in [2.45, 2.75) is 245 Å². The number of hydrogen-bond donors (Lipinski definition) is 1. The van der Waals surface area contributed by atoms with E-state index in [-0.39, 0.29) is 24.6 Å². The minimum Gasteiger partial charge on any atom is -0.466 e. The predicted molar refractivity (Wildman–Crippen MR) is 221 cm³/mol. The summed E-state index contributed by atoms with van der Waals surface area (Å²) in [5.74, 6) is 0.0202. The van der Waals surface area contributed by atoms with Gasteiger partial charge in [-0.15, -0.1) is 0 Å². The zero-order valence-corrected chi connectivity index (χ0v) is 35.2. The van der Waals surface area contributed by atoms with Gasteiger partial charge in [-0.25, -0.2) is 0 Å². The summed E-state index contributed by atoms with van der Waals surface area (Å²) in [6, 6.07) is 0. The van der Waals surface area contributed by atoms with E-state index in [0.29, 0.717) is 24.9 Å². The summed E-state index contributed by atoms with van der Waals surface area (Å²) < 4.78 is 11.6. The van der Waals surface area contributed by atoms with E-state index in [1.54, 1.807) is 0 Å². The summed E-state index contributed by atoms with van der Waals surface area (Å²) in [4.78, 5) is 27.4. The van der Waals surface area contributed by atoms with Gasteiger partial charge in [0.1, 0.15) is 6.10 Å². The van der Waals surface area contributed by atoms with E-state index in [1.807, 2.05) is 0 Å². The zero-order valence-electron chi connectivity index (χ0n) is 35.2. The Hall–Kier alpha value is -1.14. The molecule has 0 bridgehead atoms. The average Bonchev–Trinajstić information content (AvgIpc) is 3.92. The van der Waals surface area contributed by atoms with Crippen molar-refractivity contribution in [1.29, 1.82) is 0 Å². The van der Waals surface area contributed by atoms with Gasteiger partial charge in [0.05, 0.1) is 13.2 Å². The summed E-state index contributed by atoms with van der Waals surface area (Å²) >= 11 is 0. The second kappa shape index (κ2) is 35.6. The molecule has 1 saturated carbocycles. The molecule has 1 N–H and O–H groups in total. The Kier molecular flexibility index (Phi) is 33.4. The molecule has 0 heterocycles. The molecule has 0 unspecified atom stereocenters. The second-order valence-electron chi connectivity index (χ2n) is 16.6. The first-order valence-corrected chi connectivity index (χ1v) is 23.2. The van der Waals surface area contributed by atoms with Crippen LogP contribution in [0.25, 0.3) is 0 Å². The van der Waals surface area contributed by atoms with E-state index in [2.05, 4.69) is 25.7 Å². The van der Waals surface area contributed by atoms with Gasteiger partial charge in [-0.1, -0.05) is 149 Å². The number of hydrogen-bond acceptors (Lipinski definition) is 6. The number of carbonyl (C=O) groups excluding carboxylic acids is 2. The van der Waals surface area contributed by atoms with Crippen molar-refractivity contribution in [2.24, 2.45) is 5.41 Å². The third-order valence-corrected chi connectivity index (χ3v) is 11.6. The number of nitrogens with zero attached hydrogens (tertiary/aromatic N) is 1. The van der Waals surface area contributed by atoms with Crippen LogP contribution in [-0.4, -0.2) is 60.9 Å². The molecule has 1 rings (SSSR count). The van der Waals surface area contributed by atoms with Gasteiger partial charge in [-0.2, -0.15) is 0 Å². The summed E-state index contributed by atoms with van der Waals surface area (Å²) in [5.41, 5.74) is 0.372. The number of aliphatic hydroxyl groups excluding tert-OH is 1. The molecule has 1 fully saturated rings. The molecule has 0 spiro atoms. The van der Waals surface area contributed by atoms with Crippen LogP contribution in [0, 0.1) is 5.41 Å². The summed E-state index contributed by atoms with van der Waals surface area (Å²) in [6.45, 7) is 10.4. The van der Waals surface area contributed by atoms with Gasteiger partial charge in [-0.3, -0.25) is 9.59 Å². The molecule has 6 heteroatoms. The summed E-state index contributed by atoms with van der Waals surface area (Å²) in [5, 5.41) is 9.63. The van der Waals surface area contributed by atoms with E-state index in [4.69, 9.17) is 9.47 Å². The molecule has 0 aromatic heterocycles. The SMILES string of the molecule is CCCCCCCCCC(=O)OCCCCCCCN(CCO)CCCCC1(CCC(=O)OC(CCCCCCCC)CCCCCCCC)CC1. The number of carbonyl (C=O) groups is 2. The lowest BCUT2D eigenvalue weighted by Crippen LogP contribution is -2.29. The van der Waals surface area contributed by atoms with Crippen LogP contribution < -0.4 is 0 Å². The van der Waals surface area contributed by atoms with Gasteiger partial charge in [0.25, 0.3) is 0 Å². The topological polar surface area (TPSA) is 76.1 Å². The smallest absolute Gasteiger partial charge is 0.306 e. The largest absolute Gasteiger partial charge is 0.466 e. The number of esters is 2. The van der Waals surface area contributed by atoms with Crippen molar-refractivity contribution in [3.05, 3.63) is 0 Å². The van der Waals surface area contributed by atoms with Crippen molar-refractivity contribution in [3.63, 3.8) is 0 Å². The molecule has 0 atom stereocenters. The van der Waals surface area contributed by atoms with E-state index >= 15 is 0 Å². The number of ether oxygens (including phenoxy) is 2. The first-order chi connectivity index (χ1) is 25.5. The number of rotatable bonds is 41. The predicted octanol–water partition coefficient (Wildman–Crippen LogP) is 13.1. The molecule has 0 amide bonds. The highest BCUT2D eigenvalue weighted by atomic mass is 16.5. The number of unbranched alkanes of at least 4 members (excludes halogenated alkanes) is 21. The molecule has 0 saturated heterocycles.